The Hall–Kier alpha value is -5.11. The van der Waals surface area contributed by atoms with Crippen LogP contribution < -0.4 is 24.8 Å². The van der Waals surface area contributed by atoms with Crippen molar-refractivity contribution < 1.29 is 33.8 Å². The summed E-state index contributed by atoms with van der Waals surface area (Å²) >= 11 is 0. The molecule has 4 rings (SSSR count). The fraction of sp³-hybridized carbons (Fsp3) is 0.240. The first kappa shape index (κ1) is 26.9. The van der Waals surface area contributed by atoms with Crippen LogP contribution in [0, 0.1) is 20.2 Å². The van der Waals surface area contributed by atoms with Gasteiger partial charge >= 0.3 is 5.69 Å². The van der Waals surface area contributed by atoms with Crippen molar-refractivity contribution in [1.82, 2.24) is 5.32 Å². The van der Waals surface area contributed by atoms with Crippen molar-refractivity contribution in [2.45, 2.75) is 13.0 Å². The van der Waals surface area contributed by atoms with Gasteiger partial charge in [-0.2, -0.15) is 9.67 Å². The Morgan fingerprint density at radius 2 is 1.72 bits per heavy atom. The molecule has 2 aromatic carbocycles. The summed E-state index contributed by atoms with van der Waals surface area (Å²) in [6, 6.07) is 11.7. The van der Waals surface area contributed by atoms with Crippen LogP contribution in [0.15, 0.2) is 66.0 Å². The van der Waals surface area contributed by atoms with E-state index in [9.17, 15) is 25.0 Å². The van der Waals surface area contributed by atoms with Crippen LogP contribution in [0.5, 0.6) is 11.5 Å². The molecule has 3 N–H and O–H groups in total. The molecule has 0 bridgehead atoms. The highest BCUT2D eigenvalue weighted by Crippen LogP contribution is 2.32. The van der Waals surface area contributed by atoms with Crippen molar-refractivity contribution in [3.8, 4) is 11.5 Å². The minimum Gasteiger partial charge on any atom is -0.486 e. The number of benzene rings is 2. The van der Waals surface area contributed by atoms with E-state index in [0.717, 1.165) is 12.1 Å². The van der Waals surface area contributed by atoms with Crippen molar-refractivity contribution in [2.24, 2.45) is 5.10 Å². The Morgan fingerprint density at radius 3 is 2.41 bits per heavy atom. The number of nitrogens with one attached hydrogen (secondary N) is 2. The van der Waals surface area contributed by atoms with Crippen LogP contribution in [-0.4, -0.2) is 52.9 Å². The van der Waals surface area contributed by atoms with Gasteiger partial charge in [-0.3, -0.25) is 30.4 Å². The zero-order valence-corrected chi connectivity index (χ0v) is 20.6. The lowest BCUT2D eigenvalue weighted by atomic mass is 10.1. The van der Waals surface area contributed by atoms with Gasteiger partial charge in [0.05, 0.1) is 21.5 Å². The summed E-state index contributed by atoms with van der Waals surface area (Å²) in [5.74, 6) is 0.823. The minimum absolute atomic E-state index is 0.0197. The third-order valence-corrected chi connectivity index (χ3v) is 5.68. The monoisotopic (exact) mass is 537 g/mol. The third kappa shape index (κ3) is 6.81. The summed E-state index contributed by atoms with van der Waals surface area (Å²) in [4.78, 5) is 33.4. The van der Waals surface area contributed by atoms with E-state index in [1.807, 2.05) is 0 Å². The Labute approximate surface area is 221 Å². The zero-order chi connectivity index (χ0) is 27.8. The number of rotatable bonds is 11. The lowest BCUT2D eigenvalue weighted by molar-refractivity contribution is -0.681. The number of non-ortho nitro benzene ring substituents is 1. The number of carbonyl (C=O) groups is 1. The molecule has 0 spiro atoms. The number of aliphatic hydroxyl groups is 1. The molecule has 0 saturated carbocycles. The largest absolute Gasteiger partial charge is 0.486 e. The number of aromatic nitrogens is 1. The number of carbonyl (C=O) groups excluding carboxylic acids is 1. The highest BCUT2D eigenvalue weighted by Gasteiger charge is 2.21. The smallest absolute Gasteiger partial charge is 0.301 e. The molecule has 0 unspecified atom stereocenters. The van der Waals surface area contributed by atoms with Crippen LogP contribution in [0.2, 0.25) is 0 Å². The summed E-state index contributed by atoms with van der Waals surface area (Å²) in [6.07, 6.45) is 3.82. The van der Waals surface area contributed by atoms with Gasteiger partial charge in [0.1, 0.15) is 24.6 Å². The summed E-state index contributed by atoms with van der Waals surface area (Å²) in [5, 5.41) is 38.6. The number of nitro groups is 2. The van der Waals surface area contributed by atoms with E-state index in [4.69, 9.17) is 14.6 Å². The molecule has 0 radical (unpaired) electrons. The summed E-state index contributed by atoms with van der Waals surface area (Å²) in [6.45, 7) is 1.33. The second-order valence-electron chi connectivity index (χ2n) is 8.34. The lowest BCUT2D eigenvalue weighted by Gasteiger charge is -2.19. The molecule has 202 valence electrons. The Balaban J connectivity index is 1.63. The first-order chi connectivity index (χ1) is 18.9. The van der Waals surface area contributed by atoms with E-state index in [2.05, 4.69) is 15.8 Å². The van der Waals surface area contributed by atoms with E-state index in [1.165, 1.54) is 6.07 Å². The lowest BCUT2D eigenvalue weighted by Crippen LogP contribution is -2.38. The van der Waals surface area contributed by atoms with Gasteiger partial charge in [-0.25, -0.2) is 0 Å². The molecule has 39 heavy (non-hydrogen) atoms. The average Bonchev–Trinajstić information content (AvgIpc) is 2.95. The molecule has 3 aromatic rings. The highest BCUT2D eigenvalue weighted by molar-refractivity contribution is 6.00. The molecule has 0 aliphatic carbocycles. The van der Waals surface area contributed by atoms with Gasteiger partial charge in [0.25, 0.3) is 11.6 Å². The van der Waals surface area contributed by atoms with E-state index in [0.29, 0.717) is 54.5 Å². The van der Waals surface area contributed by atoms with Gasteiger partial charge in [-0.1, -0.05) is 0 Å². The second kappa shape index (κ2) is 12.4. The molecule has 2 heterocycles. The maximum absolute atomic E-state index is 12.3. The van der Waals surface area contributed by atoms with Crippen LogP contribution in [0.4, 0.5) is 17.1 Å². The van der Waals surface area contributed by atoms with E-state index >= 15 is 0 Å². The highest BCUT2D eigenvalue weighted by atomic mass is 16.6. The normalized spacial score (nSPS) is 12.5. The number of aliphatic hydroxyl groups excluding tert-OH is 1. The maximum Gasteiger partial charge on any atom is 0.301 e. The molecule has 1 aromatic heterocycles. The van der Waals surface area contributed by atoms with Crippen LogP contribution in [-0.2, 0) is 6.54 Å². The van der Waals surface area contributed by atoms with Crippen molar-refractivity contribution in [2.75, 3.05) is 31.8 Å². The molecule has 1 aliphatic rings. The number of nitro benzene ring substituents is 2. The third-order valence-electron chi connectivity index (χ3n) is 5.68. The number of hydrazone groups is 1. The average molecular weight is 538 g/mol. The number of hydrogen-bond acceptors (Lipinski definition) is 10. The van der Waals surface area contributed by atoms with Gasteiger partial charge in [0.2, 0.25) is 0 Å². The van der Waals surface area contributed by atoms with Gasteiger partial charge in [-0.05, 0) is 30.7 Å². The maximum atomic E-state index is 12.3. The van der Waals surface area contributed by atoms with Crippen molar-refractivity contribution in [3.63, 3.8) is 0 Å². The number of amides is 1. The van der Waals surface area contributed by atoms with Crippen molar-refractivity contribution in [1.29, 1.82) is 0 Å². The number of fused-ring (bicyclic) bond motifs is 1. The van der Waals surface area contributed by atoms with Crippen LogP contribution >= 0.6 is 0 Å². The second-order valence-corrected chi connectivity index (χ2v) is 8.34. The van der Waals surface area contributed by atoms with Crippen LogP contribution in [0.1, 0.15) is 22.3 Å². The summed E-state index contributed by atoms with van der Waals surface area (Å²) in [7, 11) is 0. The fourth-order valence-electron chi connectivity index (χ4n) is 3.69. The zero-order valence-electron chi connectivity index (χ0n) is 20.6. The number of ether oxygens (including phenoxy) is 2. The molecule has 14 heteroatoms. The van der Waals surface area contributed by atoms with E-state index in [-0.39, 0.29) is 24.7 Å². The van der Waals surface area contributed by atoms with Crippen molar-refractivity contribution in [3.05, 3.63) is 92.3 Å². The Morgan fingerprint density at radius 1 is 0.974 bits per heavy atom. The topological polar surface area (TPSA) is 182 Å². The van der Waals surface area contributed by atoms with E-state index < -0.39 is 21.2 Å². The number of hydrogen-bond donors (Lipinski definition) is 3. The molecular weight excluding hydrogens is 512 g/mol. The molecule has 0 atom stereocenters. The van der Waals surface area contributed by atoms with Gasteiger partial charge in [-0.15, -0.1) is 0 Å². The molecule has 0 saturated heterocycles. The molecule has 14 nitrogen and oxygen atoms in total. The first-order valence-corrected chi connectivity index (χ1v) is 11.9. The Bertz CT molecular complexity index is 1410. The van der Waals surface area contributed by atoms with Gasteiger partial charge < -0.3 is 19.9 Å². The Kier molecular flexibility index (Phi) is 8.58. The quantitative estimate of drug-likeness (QED) is 0.108. The van der Waals surface area contributed by atoms with E-state index in [1.54, 1.807) is 47.3 Å². The summed E-state index contributed by atoms with van der Waals surface area (Å²) in [5.41, 5.74) is 3.24. The molecule has 1 amide bonds. The molecule has 1 aliphatic heterocycles. The van der Waals surface area contributed by atoms with Gasteiger partial charge in [0.15, 0.2) is 30.4 Å². The minimum atomic E-state index is -0.728. The predicted molar refractivity (Wildman–Crippen MR) is 138 cm³/mol. The molecule has 0 fully saturated rings. The van der Waals surface area contributed by atoms with Crippen molar-refractivity contribution >= 4 is 28.7 Å². The van der Waals surface area contributed by atoms with Crippen LogP contribution in [0.3, 0.4) is 0 Å². The SMILES string of the molecule is O=C(NCCCO)c1cc[n+](C/C(=N/Nc2ccc([N+](=O)[O-])cc2[N+](=O)[O-])c2ccc3c(c2)OCCO3)cc1. The number of nitrogens with zero attached hydrogens (tertiary/aromatic N) is 4. The predicted octanol–water partition coefficient (Wildman–Crippen LogP) is 2.19. The molecular formula is C25H25N6O8+. The number of anilines is 1. The van der Waals surface area contributed by atoms with Gasteiger partial charge in [0, 0.05) is 36.9 Å². The first-order valence-electron chi connectivity index (χ1n) is 11.9. The van der Waals surface area contributed by atoms with Crippen LogP contribution in [0.25, 0.3) is 0 Å². The standard InChI is InChI=1S/C25H24N6O8/c32-11-1-8-26-25(33)17-6-9-29(10-7-17)16-21(18-2-5-23-24(14-18)39-13-12-38-23)28-27-20-4-3-19(30(34)35)15-22(20)31(36)37/h2-7,9-10,14-15,27,32H,1,8,11-13,16H2/p+1/b28-21-. The number of pyridine rings is 1. The summed E-state index contributed by atoms with van der Waals surface area (Å²) < 4.78 is 13.0. The fourth-order valence-corrected chi connectivity index (χ4v) is 3.69.